The Morgan fingerprint density at radius 2 is 1.71 bits per heavy atom. The zero-order chi connectivity index (χ0) is 11.1. The van der Waals surface area contributed by atoms with Gasteiger partial charge in [-0.15, -0.1) is 0 Å². The maximum absolute atomic E-state index is 2.46. The molecule has 0 radical (unpaired) electrons. The predicted molar refractivity (Wildman–Crippen MR) is 67.4 cm³/mol. The summed E-state index contributed by atoms with van der Waals surface area (Å²) >= 11 is 0. The van der Waals surface area contributed by atoms with Gasteiger partial charge in [-0.3, -0.25) is 0 Å². The van der Waals surface area contributed by atoms with Crippen LogP contribution in [0, 0.1) is 23.2 Å². The van der Waals surface area contributed by atoms with Crippen LogP contribution in [0.15, 0.2) is 0 Å². The molecule has 1 rings (SSSR count). The first-order valence-electron chi connectivity index (χ1n) is 6.16. The minimum absolute atomic E-state index is 0.448. The molecule has 1 fully saturated rings. The maximum atomic E-state index is 2.46. The van der Waals surface area contributed by atoms with Gasteiger partial charge in [-0.2, -0.15) is 0 Å². The van der Waals surface area contributed by atoms with Crippen LogP contribution in [0.4, 0.5) is 0 Å². The van der Waals surface area contributed by atoms with Crippen molar-refractivity contribution in [3.8, 4) is 0 Å². The predicted octanol–water partition coefficient (Wildman–Crippen LogP) is 3.53. The third-order valence-corrected chi connectivity index (χ3v) is 4.56. The topological polar surface area (TPSA) is 0 Å². The van der Waals surface area contributed by atoms with E-state index in [0.29, 0.717) is 10.7 Å². The van der Waals surface area contributed by atoms with Gasteiger partial charge in [0.2, 0.25) is 0 Å². The van der Waals surface area contributed by atoms with Crippen LogP contribution in [0.2, 0.25) is 5.31 Å². The molecule has 82 valence electrons. The van der Waals surface area contributed by atoms with E-state index in [9.17, 15) is 0 Å². The Balaban J connectivity index is 2.53. The molecule has 0 saturated heterocycles. The Morgan fingerprint density at radius 1 is 1.21 bits per heavy atom. The van der Waals surface area contributed by atoms with Crippen molar-refractivity contribution in [2.45, 2.75) is 59.7 Å². The standard InChI is InChI=1S/C13H27B/c1-9(2)7-10-8-11(10)12(3,4)13(5,6)14/h9-11H,7-8,14H2,1-6H3. The first-order chi connectivity index (χ1) is 6.16. The molecule has 0 aromatic heterocycles. The minimum Gasteiger partial charge on any atom is -0.0667 e. The number of rotatable bonds is 4. The molecule has 0 aromatic carbocycles. The Bertz CT molecular complexity index is 198. The molecule has 0 bridgehead atoms. The summed E-state index contributed by atoms with van der Waals surface area (Å²) in [6, 6.07) is 0. The highest BCUT2D eigenvalue weighted by Crippen LogP contribution is 2.61. The molecule has 1 heteroatoms. The van der Waals surface area contributed by atoms with Gasteiger partial charge in [0.1, 0.15) is 7.85 Å². The average Bonchev–Trinajstić information content (AvgIpc) is 2.63. The Morgan fingerprint density at radius 3 is 2.07 bits per heavy atom. The molecule has 0 nitrogen and oxygen atoms in total. The van der Waals surface area contributed by atoms with Gasteiger partial charge >= 0.3 is 0 Å². The summed E-state index contributed by atoms with van der Waals surface area (Å²) in [5.74, 6) is 2.87. The van der Waals surface area contributed by atoms with E-state index in [1.807, 2.05) is 0 Å². The van der Waals surface area contributed by atoms with Crippen LogP contribution in [0.5, 0.6) is 0 Å². The molecule has 0 N–H and O–H groups in total. The summed E-state index contributed by atoms with van der Waals surface area (Å²) < 4.78 is 0. The van der Waals surface area contributed by atoms with E-state index in [0.717, 1.165) is 17.8 Å². The second kappa shape index (κ2) is 3.57. The van der Waals surface area contributed by atoms with Crippen LogP contribution >= 0.6 is 0 Å². The van der Waals surface area contributed by atoms with Crippen molar-refractivity contribution in [2.75, 3.05) is 0 Å². The normalized spacial score (nSPS) is 28.2. The summed E-state index contributed by atoms with van der Waals surface area (Å²) in [7, 11) is 2.39. The van der Waals surface area contributed by atoms with Crippen molar-refractivity contribution in [2.24, 2.45) is 23.2 Å². The lowest BCUT2D eigenvalue weighted by Crippen LogP contribution is -2.29. The van der Waals surface area contributed by atoms with E-state index in [-0.39, 0.29) is 0 Å². The molecule has 2 atom stereocenters. The molecule has 2 unspecified atom stereocenters. The molecular formula is C13H27B. The van der Waals surface area contributed by atoms with Crippen LogP contribution in [0.25, 0.3) is 0 Å². The molecule has 0 amide bonds. The Labute approximate surface area is 91.3 Å². The lowest BCUT2D eigenvalue weighted by molar-refractivity contribution is 0.207. The monoisotopic (exact) mass is 194 g/mol. The Kier molecular flexibility index (Phi) is 3.10. The smallest absolute Gasteiger partial charge is 0.0667 e. The largest absolute Gasteiger partial charge is 0.109 e. The zero-order valence-corrected chi connectivity index (χ0v) is 11.1. The second-order valence-corrected chi connectivity index (χ2v) is 7.20. The van der Waals surface area contributed by atoms with E-state index in [2.05, 4.69) is 49.4 Å². The summed E-state index contributed by atoms with van der Waals surface area (Å²) in [5.41, 5.74) is 0.507. The molecule has 0 aromatic rings. The molecule has 1 aliphatic rings. The third kappa shape index (κ3) is 2.35. The van der Waals surface area contributed by atoms with Gasteiger partial charge in [-0.05, 0) is 36.0 Å². The van der Waals surface area contributed by atoms with Crippen molar-refractivity contribution >= 4 is 7.85 Å². The van der Waals surface area contributed by atoms with Crippen molar-refractivity contribution in [1.29, 1.82) is 0 Å². The highest BCUT2D eigenvalue weighted by Gasteiger charge is 2.51. The highest BCUT2D eigenvalue weighted by atomic mass is 14.5. The summed E-state index contributed by atoms with van der Waals surface area (Å²) in [4.78, 5) is 0. The second-order valence-electron chi connectivity index (χ2n) is 7.20. The first kappa shape index (κ1) is 12.1. The van der Waals surface area contributed by atoms with Crippen molar-refractivity contribution < 1.29 is 0 Å². The van der Waals surface area contributed by atoms with Gasteiger partial charge in [0.15, 0.2) is 0 Å². The average molecular weight is 194 g/mol. The molecule has 1 saturated carbocycles. The van der Waals surface area contributed by atoms with Crippen LogP contribution in [-0.4, -0.2) is 7.85 Å². The van der Waals surface area contributed by atoms with E-state index in [4.69, 9.17) is 0 Å². The van der Waals surface area contributed by atoms with Crippen molar-refractivity contribution in [3.05, 3.63) is 0 Å². The zero-order valence-electron chi connectivity index (χ0n) is 11.1. The quantitative estimate of drug-likeness (QED) is 0.600. The SMILES string of the molecule is BC(C)(C)C(C)(C)C1CC1CC(C)C. The van der Waals surface area contributed by atoms with Crippen LogP contribution < -0.4 is 0 Å². The van der Waals surface area contributed by atoms with E-state index < -0.39 is 0 Å². The number of hydrogen-bond donors (Lipinski definition) is 0. The molecule has 0 aliphatic heterocycles. The van der Waals surface area contributed by atoms with E-state index in [1.165, 1.54) is 12.8 Å². The lowest BCUT2D eigenvalue weighted by atomic mass is 9.54. The van der Waals surface area contributed by atoms with Crippen molar-refractivity contribution in [1.82, 2.24) is 0 Å². The van der Waals surface area contributed by atoms with Gasteiger partial charge in [-0.25, -0.2) is 0 Å². The molecule has 0 heterocycles. The summed E-state index contributed by atoms with van der Waals surface area (Å²) in [5, 5.41) is 0.448. The summed E-state index contributed by atoms with van der Waals surface area (Å²) in [6.07, 6.45) is 2.91. The highest BCUT2D eigenvalue weighted by molar-refractivity contribution is 6.15. The fraction of sp³-hybridized carbons (Fsp3) is 1.00. The fourth-order valence-electron chi connectivity index (χ4n) is 2.55. The fourth-order valence-corrected chi connectivity index (χ4v) is 2.55. The minimum atomic E-state index is 0.448. The molecule has 1 aliphatic carbocycles. The van der Waals surface area contributed by atoms with Crippen LogP contribution in [0.1, 0.15) is 54.4 Å². The van der Waals surface area contributed by atoms with Gasteiger partial charge in [0, 0.05) is 0 Å². The maximum Gasteiger partial charge on any atom is 0.109 e. The van der Waals surface area contributed by atoms with Gasteiger partial charge in [0.25, 0.3) is 0 Å². The molecule has 0 spiro atoms. The third-order valence-electron chi connectivity index (χ3n) is 4.56. The van der Waals surface area contributed by atoms with E-state index >= 15 is 0 Å². The first-order valence-corrected chi connectivity index (χ1v) is 6.16. The Hall–Kier alpha value is 0.0649. The molecule has 14 heavy (non-hydrogen) atoms. The van der Waals surface area contributed by atoms with Crippen LogP contribution in [-0.2, 0) is 0 Å². The van der Waals surface area contributed by atoms with Crippen LogP contribution in [0.3, 0.4) is 0 Å². The van der Waals surface area contributed by atoms with Gasteiger partial charge < -0.3 is 0 Å². The van der Waals surface area contributed by atoms with Gasteiger partial charge in [0.05, 0.1) is 0 Å². The molecular weight excluding hydrogens is 167 g/mol. The van der Waals surface area contributed by atoms with E-state index in [1.54, 1.807) is 0 Å². The number of hydrogen-bond acceptors (Lipinski definition) is 0. The van der Waals surface area contributed by atoms with Crippen molar-refractivity contribution in [3.63, 3.8) is 0 Å². The lowest BCUT2D eigenvalue weighted by Gasteiger charge is -2.40. The van der Waals surface area contributed by atoms with Gasteiger partial charge in [-0.1, -0.05) is 46.9 Å². The summed E-state index contributed by atoms with van der Waals surface area (Å²) in [6.45, 7) is 14.4.